The largest absolute Gasteiger partial charge is 0.366 e. The van der Waals surface area contributed by atoms with Crippen molar-refractivity contribution in [1.82, 2.24) is 14.7 Å². The van der Waals surface area contributed by atoms with Gasteiger partial charge in [-0.15, -0.1) is 0 Å². The van der Waals surface area contributed by atoms with Gasteiger partial charge in [-0.2, -0.15) is 5.10 Å². The zero-order chi connectivity index (χ0) is 24.3. The van der Waals surface area contributed by atoms with Crippen LogP contribution in [0.3, 0.4) is 0 Å². The number of nitrogens with two attached hydrogens (primary N) is 1. The van der Waals surface area contributed by atoms with E-state index < -0.39 is 17.7 Å². The summed E-state index contributed by atoms with van der Waals surface area (Å²) in [7, 11) is 5.09. The number of aryl methyl sites for hydroxylation is 1. The Bertz CT molecular complexity index is 1250. The average molecular weight is 468 g/mol. The Labute approximate surface area is 194 Å². The van der Waals surface area contributed by atoms with E-state index in [4.69, 9.17) is 22.7 Å². The Balaban J connectivity index is 1.81. The highest BCUT2D eigenvalue weighted by Gasteiger charge is 2.21. The van der Waals surface area contributed by atoms with Crippen LogP contribution in [0, 0.1) is 5.41 Å². The molecule has 3 aromatic rings. The van der Waals surface area contributed by atoms with Crippen molar-refractivity contribution in [1.29, 1.82) is 5.41 Å². The second-order valence-electron chi connectivity index (χ2n) is 7.31. The minimum absolute atomic E-state index is 0.0497. The molecule has 0 aliphatic carbocycles. The van der Waals surface area contributed by atoms with Gasteiger partial charge in [0.05, 0.1) is 17.4 Å². The summed E-state index contributed by atoms with van der Waals surface area (Å²) in [5, 5.41) is 17.6. The van der Waals surface area contributed by atoms with Crippen LogP contribution in [-0.2, 0) is 7.05 Å². The predicted molar refractivity (Wildman–Crippen MR) is 126 cm³/mol. The first kappa shape index (κ1) is 23.5. The van der Waals surface area contributed by atoms with Crippen LogP contribution in [0.25, 0.3) is 0 Å². The first-order valence-corrected chi connectivity index (χ1v) is 10.1. The number of hydrogen-bond acceptors (Lipinski definition) is 5. The summed E-state index contributed by atoms with van der Waals surface area (Å²) >= 11 is 5.91. The minimum atomic E-state index is -0.752. The molecule has 0 saturated heterocycles. The number of benzene rings is 2. The molecular weight excluding hydrogens is 446 g/mol. The molecule has 5 N–H and O–H groups in total. The summed E-state index contributed by atoms with van der Waals surface area (Å²) in [5.74, 6) is -1.33. The Hall–Kier alpha value is -4.18. The molecule has 0 unspecified atom stereocenters. The molecule has 1 heterocycles. The quantitative estimate of drug-likeness (QED) is 0.325. The summed E-state index contributed by atoms with van der Waals surface area (Å²) in [4.78, 5) is 39.0. The maximum atomic E-state index is 12.9. The van der Waals surface area contributed by atoms with Gasteiger partial charge in [-0.1, -0.05) is 23.7 Å². The van der Waals surface area contributed by atoms with Crippen LogP contribution >= 0.6 is 11.6 Å². The number of anilines is 2. The fourth-order valence-corrected chi connectivity index (χ4v) is 3.16. The van der Waals surface area contributed by atoms with E-state index in [2.05, 4.69) is 15.7 Å². The topological polar surface area (TPSA) is 146 Å². The first-order chi connectivity index (χ1) is 15.6. The molecule has 2 aromatic carbocycles. The van der Waals surface area contributed by atoms with Crippen LogP contribution in [0.15, 0.2) is 48.7 Å². The van der Waals surface area contributed by atoms with Crippen LogP contribution in [0.4, 0.5) is 11.5 Å². The summed E-state index contributed by atoms with van der Waals surface area (Å²) < 4.78 is 1.35. The number of amides is 3. The van der Waals surface area contributed by atoms with Crippen LogP contribution < -0.4 is 16.4 Å². The summed E-state index contributed by atoms with van der Waals surface area (Å²) in [6.45, 7) is 0. The number of amidine groups is 1. The number of rotatable bonds is 6. The van der Waals surface area contributed by atoms with E-state index in [1.54, 1.807) is 50.3 Å². The maximum Gasteiger partial charge on any atom is 0.261 e. The van der Waals surface area contributed by atoms with Gasteiger partial charge in [0.1, 0.15) is 17.2 Å². The molecule has 0 atom stereocenters. The molecule has 0 bridgehead atoms. The van der Waals surface area contributed by atoms with Gasteiger partial charge < -0.3 is 21.3 Å². The Morgan fingerprint density at radius 3 is 2.24 bits per heavy atom. The van der Waals surface area contributed by atoms with E-state index >= 15 is 0 Å². The second-order valence-corrected chi connectivity index (χ2v) is 7.75. The van der Waals surface area contributed by atoms with E-state index in [9.17, 15) is 14.4 Å². The normalized spacial score (nSPS) is 10.4. The van der Waals surface area contributed by atoms with Crippen LogP contribution in [-0.4, -0.2) is 52.3 Å². The van der Waals surface area contributed by atoms with Gasteiger partial charge in [0.25, 0.3) is 17.7 Å². The predicted octanol–water partition coefficient (Wildman–Crippen LogP) is 2.56. The van der Waals surface area contributed by atoms with E-state index in [1.165, 1.54) is 29.1 Å². The molecule has 10 nitrogen and oxygen atoms in total. The monoisotopic (exact) mass is 467 g/mol. The van der Waals surface area contributed by atoms with Crippen molar-refractivity contribution in [3.05, 3.63) is 75.9 Å². The van der Waals surface area contributed by atoms with Gasteiger partial charge >= 0.3 is 0 Å². The molecule has 33 heavy (non-hydrogen) atoms. The van der Waals surface area contributed by atoms with Crippen molar-refractivity contribution < 1.29 is 14.4 Å². The van der Waals surface area contributed by atoms with Crippen LogP contribution in [0.5, 0.6) is 0 Å². The highest BCUT2D eigenvalue weighted by molar-refractivity contribution is 6.31. The van der Waals surface area contributed by atoms with E-state index in [-0.39, 0.29) is 22.6 Å². The molecule has 11 heteroatoms. The summed E-state index contributed by atoms with van der Waals surface area (Å²) in [5.41, 5.74) is 6.68. The van der Waals surface area contributed by atoms with Crippen molar-refractivity contribution >= 4 is 46.7 Å². The van der Waals surface area contributed by atoms with Crippen molar-refractivity contribution in [2.75, 3.05) is 24.7 Å². The molecule has 3 rings (SSSR count). The average Bonchev–Trinajstić information content (AvgIpc) is 3.14. The number of halogens is 1. The molecule has 0 radical (unpaired) electrons. The zero-order valence-corrected chi connectivity index (χ0v) is 18.9. The lowest BCUT2D eigenvalue weighted by atomic mass is 10.1. The number of hydrogen-bond donors (Lipinski definition) is 4. The molecule has 0 fully saturated rings. The standard InChI is InChI=1S/C22H22ClN7O3/c1-29(2)18(24)12-4-6-13(7-5-12)21(32)28-20-16(11-26-30(20)3)22(33)27-17-9-8-14(23)10-15(17)19(25)31/h4-11,24H,1-3H3,(H2,25,31)(H,27,33)(H,28,32). The second kappa shape index (κ2) is 9.53. The van der Waals surface area contributed by atoms with Crippen molar-refractivity contribution in [2.45, 2.75) is 0 Å². The third-order valence-electron chi connectivity index (χ3n) is 4.78. The molecule has 0 aliphatic heterocycles. The fourth-order valence-electron chi connectivity index (χ4n) is 2.99. The van der Waals surface area contributed by atoms with Gasteiger partial charge in [-0.05, 0) is 30.3 Å². The van der Waals surface area contributed by atoms with Crippen LogP contribution in [0.2, 0.25) is 5.02 Å². The Morgan fingerprint density at radius 2 is 1.64 bits per heavy atom. The SMILES string of the molecule is CN(C)C(=N)c1ccc(C(=O)Nc2c(C(=O)Nc3ccc(Cl)cc3C(N)=O)cnn2C)cc1. The highest BCUT2D eigenvalue weighted by Crippen LogP contribution is 2.23. The summed E-state index contributed by atoms with van der Waals surface area (Å²) in [6, 6.07) is 10.8. The maximum absolute atomic E-state index is 12.9. The van der Waals surface area contributed by atoms with Gasteiger partial charge in [-0.3, -0.25) is 24.5 Å². The lowest BCUT2D eigenvalue weighted by molar-refractivity contribution is 0.0998. The minimum Gasteiger partial charge on any atom is -0.366 e. The van der Waals surface area contributed by atoms with E-state index in [0.29, 0.717) is 22.0 Å². The molecule has 0 spiro atoms. The Kier molecular flexibility index (Phi) is 6.78. The lowest BCUT2D eigenvalue weighted by Gasteiger charge is -2.14. The number of carbonyl (C=O) groups is 3. The van der Waals surface area contributed by atoms with Crippen molar-refractivity contribution in [2.24, 2.45) is 12.8 Å². The highest BCUT2D eigenvalue weighted by atomic mass is 35.5. The van der Waals surface area contributed by atoms with Crippen molar-refractivity contribution in [3.63, 3.8) is 0 Å². The third-order valence-corrected chi connectivity index (χ3v) is 5.01. The van der Waals surface area contributed by atoms with Gasteiger partial charge in [0.15, 0.2) is 0 Å². The van der Waals surface area contributed by atoms with Crippen LogP contribution in [0.1, 0.15) is 36.6 Å². The Morgan fingerprint density at radius 1 is 1.00 bits per heavy atom. The van der Waals surface area contributed by atoms with E-state index in [0.717, 1.165) is 0 Å². The molecular formula is C22H22ClN7O3. The molecule has 1 aromatic heterocycles. The number of nitrogens with one attached hydrogen (secondary N) is 3. The zero-order valence-electron chi connectivity index (χ0n) is 18.1. The number of aromatic nitrogens is 2. The summed E-state index contributed by atoms with van der Waals surface area (Å²) in [6.07, 6.45) is 1.30. The smallest absolute Gasteiger partial charge is 0.261 e. The molecule has 0 saturated carbocycles. The molecule has 3 amide bonds. The van der Waals surface area contributed by atoms with Gasteiger partial charge in [0.2, 0.25) is 0 Å². The molecule has 170 valence electrons. The number of carbonyl (C=O) groups excluding carboxylic acids is 3. The number of primary amides is 1. The van der Waals surface area contributed by atoms with E-state index in [1.807, 2.05) is 0 Å². The van der Waals surface area contributed by atoms with Gasteiger partial charge in [-0.25, -0.2) is 0 Å². The molecule has 0 aliphatic rings. The number of nitrogens with zero attached hydrogens (tertiary/aromatic N) is 3. The first-order valence-electron chi connectivity index (χ1n) is 9.69. The van der Waals surface area contributed by atoms with Crippen molar-refractivity contribution in [3.8, 4) is 0 Å². The van der Waals surface area contributed by atoms with Gasteiger partial charge in [0, 0.05) is 37.3 Å². The lowest BCUT2D eigenvalue weighted by Crippen LogP contribution is -2.22. The fraction of sp³-hybridized carbons (Fsp3) is 0.136. The third kappa shape index (κ3) is 5.18.